The summed E-state index contributed by atoms with van der Waals surface area (Å²) in [5, 5.41) is 6.83. The van der Waals surface area contributed by atoms with E-state index < -0.39 is 0 Å². The number of nitrogens with one attached hydrogen (secondary N) is 2. The fourth-order valence-corrected chi connectivity index (χ4v) is 2.89. The predicted molar refractivity (Wildman–Crippen MR) is 83.6 cm³/mol. The molecule has 5 heteroatoms. The van der Waals surface area contributed by atoms with Crippen LogP contribution in [0.4, 0.5) is 5.82 Å². The summed E-state index contributed by atoms with van der Waals surface area (Å²) in [6.45, 7) is 4.56. The molecule has 0 spiro atoms. The summed E-state index contributed by atoms with van der Waals surface area (Å²) >= 11 is 3.50. The Morgan fingerprint density at radius 1 is 1.35 bits per heavy atom. The minimum atomic E-state index is 0.766. The van der Waals surface area contributed by atoms with Crippen LogP contribution >= 0.6 is 15.9 Å². The van der Waals surface area contributed by atoms with Crippen molar-refractivity contribution in [3.8, 4) is 0 Å². The summed E-state index contributed by atoms with van der Waals surface area (Å²) in [5.74, 6) is 1.79. The van der Waals surface area contributed by atoms with Crippen LogP contribution in [0.3, 0.4) is 0 Å². The second-order valence-corrected chi connectivity index (χ2v) is 5.87. The van der Waals surface area contributed by atoms with Gasteiger partial charge in [0.1, 0.15) is 11.6 Å². The van der Waals surface area contributed by atoms with Crippen LogP contribution in [0, 0.1) is 6.92 Å². The molecular formula is C15H17BrN4. The number of aryl methyl sites for hydroxylation is 1. The minimum Gasteiger partial charge on any atom is -0.366 e. The van der Waals surface area contributed by atoms with Gasteiger partial charge in [0.15, 0.2) is 0 Å². The van der Waals surface area contributed by atoms with Gasteiger partial charge >= 0.3 is 0 Å². The molecule has 4 nitrogen and oxygen atoms in total. The Morgan fingerprint density at radius 3 is 3.10 bits per heavy atom. The van der Waals surface area contributed by atoms with Gasteiger partial charge in [0.2, 0.25) is 0 Å². The number of fused-ring (bicyclic) bond motifs is 1. The van der Waals surface area contributed by atoms with Gasteiger partial charge in [-0.2, -0.15) is 0 Å². The number of anilines is 1. The third-order valence-corrected chi connectivity index (χ3v) is 3.89. The van der Waals surface area contributed by atoms with Crippen molar-refractivity contribution in [2.24, 2.45) is 0 Å². The molecule has 2 N–H and O–H groups in total. The van der Waals surface area contributed by atoms with Crippen LogP contribution in [0.25, 0.3) is 0 Å². The highest BCUT2D eigenvalue weighted by molar-refractivity contribution is 9.10. The maximum Gasteiger partial charge on any atom is 0.134 e. The Balaban J connectivity index is 1.82. The maximum absolute atomic E-state index is 4.55. The number of benzene rings is 1. The molecule has 3 rings (SSSR count). The lowest BCUT2D eigenvalue weighted by Gasteiger charge is -2.20. The number of aromatic nitrogens is 2. The van der Waals surface area contributed by atoms with Crippen LogP contribution < -0.4 is 10.6 Å². The number of hydrogen-bond acceptors (Lipinski definition) is 4. The van der Waals surface area contributed by atoms with Crippen molar-refractivity contribution < 1.29 is 0 Å². The summed E-state index contributed by atoms with van der Waals surface area (Å²) in [6, 6.07) is 8.30. The number of hydrogen-bond donors (Lipinski definition) is 2. The average Bonchev–Trinajstić information content (AvgIpc) is 2.44. The predicted octanol–water partition coefficient (Wildman–Crippen LogP) is 2.81. The molecule has 1 aromatic heterocycles. The van der Waals surface area contributed by atoms with Gasteiger partial charge in [-0.1, -0.05) is 28.1 Å². The SMILES string of the molecule is Cc1nc2c(c(NCc3cccc(Br)c3)n1)CNCC2. The van der Waals surface area contributed by atoms with Gasteiger partial charge in [0.25, 0.3) is 0 Å². The molecule has 1 aromatic carbocycles. The summed E-state index contributed by atoms with van der Waals surface area (Å²) in [4.78, 5) is 9.09. The second-order valence-electron chi connectivity index (χ2n) is 4.95. The van der Waals surface area contributed by atoms with Gasteiger partial charge < -0.3 is 10.6 Å². The summed E-state index contributed by atoms with van der Waals surface area (Å²) in [6.07, 6.45) is 0.976. The summed E-state index contributed by atoms with van der Waals surface area (Å²) in [5.41, 5.74) is 3.61. The fraction of sp³-hybridized carbons (Fsp3) is 0.333. The molecule has 0 saturated carbocycles. The van der Waals surface area contributed by atoms with Crippen molar-refractivity contribution in [2.45, 2.75) is 26.4 Å². The lowest BCUT2D eigenvalue weighted by molar-refractivity contribution is 0.624. The number of rotatable bonds is 3. The van der Waals surface area contributed by atoms with E-state index in [9.17, 15) is 0 Å². The van der Waals surface area contributed by atoms with Gasteiger partial charge in [-0.05, 0) is 24.6 Å². The van der Waals surface area contributed by atoms with Gasteiger partial charge in [-0.25, -0.2) is 9.97 Å². The molecule has 20 heavy (non-hydrogen) atoms. The van der Waals surface area contributed by atoms with E-state index in [2.05, 4.69) is 48.7 Å². The largest absolute Gasteiger partial charge is 0.366 e. The Morgan fingerprint density at radius 2 is 2.25 bits per heavy atom. The molecule has 104 valence electrons. The monoisotopic (exact) mass is 332 g/mol. The molecule has 0 atom stereocenters. The lowest BCUT2D eigenvalue weighted by atomic mass is 10.1. The quantitative estimate of drug-likeness (QED) is 0.907. The van der Waals surface area contributed by atoms with Crippen LogP contribution in [0.1, 0.15) is 22.6 Å². The fourth-order valence-electron chi connectivity index (χ4n) is 2.45. The van der Waals surface area contributed by atoms with Crippen LogP contribution in [0.15, 0.2) is 28.7 Å². The van der Waals surface area contributed by atoms with Gasteiger partial charge in [-0.15, -0.1) is 0 Å². The molecule has 0 aliphatic carbocycles. The van der Waals surface area contributed by atoms with E-state index in [0.717, 1.165) is 42.2 Å². The van der Waals surface area contributed by atoms with E-state index in [-0.39, 0.29) is 0 Å². The van der Waals surface area contributed by atoms with E-state index in [4.69, 9.17) is 0 Å². The Bertz CT molecular complexity index is 627. The topological polar surface area (TPSA) is 49.8 Å². The number of halogens is 1. The first-order valence-electron chi connectivity index (χ1n) is 6.78. The molecule has 0 fully saturated rings. The first-order chi connectivity index (χ1) is 9.72. The zero-order valence-electron chi connectivity index (χ0n) is 11.4. The maximum atomic E-state index is 4.55. The van der Waals surface area contributed by atoms with Crippen molar-refractivity contribution in [2.75, 3.05) is 11.9 Å². The molecule has 0 bridgehead atoms. The summed E-state index contributed by atoms with van der Waals surface area (Å²) in [7, 11) is 0. The summed E-state index contributed by atoms with van der Waals surface area (Å²) < 4.78 is 1.10. The molecular weight excluding hydrogens is 316 g/mol. The van der Waals surface area contributed by atoms with Gasteiger partial charge in [0.05, 0.1) is 5.69 Å². The molecule has 1 aliphatic rings. The standard InChI is InChI=1S/C15H17BrN4/c1-10-19-14-5-6-17-9-13(14)15(20-10)18-8-11-3-2-4-12(16)7-11/h2-4,7,17H,5-6,8-9H2,1H3,(H,18,19,20). The zero-order valence-corrected chi connectivity index (χ0v) is 13.0. The second kappa shape index (κ2) is 5.89. The smallest absolute Gasteiger partial charge is 0.134 e. The molecule has 0 radical (unpaired) electrons. The first kappa shape index (κ1) is 13.5. The molecule has 0 unspecified atom stereocenters. The van der Waals surface area contributed by atoms with E-state index in [0.29, 0.717) is 0 Å². The first-order valence-corrected chi connectivity index (χ1v) is 7.57. The third-order valence-electron chi connectivity index (χ3n) is 3.39. The minimum absolute atomic E-state index is 0.766. The normalized spacial score (nSPS) is 13.9. The molecule has 2 aromatic rings. The van der Waals surface area contributed by atoms with E-state index >= 15 is 0 Å². The highest BCUT2D eigenvalue weighted by Crippen LogP contribution is 2.21. The molecule has 2 heterocycles. The molecule has 0 amide bonds. The molecule has 0 saturated heterocycles. The third kappa shape index (κ3) is 2.99. The van der Waals surface area contributed by atoms with Crippen LogP contribution in [-0.2, 0) is 19.5 Å². The highest BCUT2D eigenvalue weighted by Gasteiger charge is 2.16. The van der Waals surface area contributed by atoms with Crippen molar-refractivity contribution in [3.05, 3.63) is 51.4 Å². The van der Waals surface area contributed by atoms with Gasteiger partial charge in [0, 0.05) is 36.1 Å². The van der Waals surface area contributed by atoms with Crippen molar-refractivity contribution in [1.82, 2.24) is 15.3 Å². The number of nitrogens with zero attached hydrogens (tertiary/aromatic N) is 2. The van der Waals surface area contributed by atoms with E-state index in [1.165, 1.54) is 16.8 Å². The molecule has 1 aliphatic heterocycles. The van der Waals surface area contributed by atoms with Crippen molar-refractivity contribution in [3.63, 3.8) is 0 Å². The van der Waals surface area contributed by atoms with E-state index in [1.807, 2.05) is 19.1 Å². The lowest BCUT2D eigenvalue weighted by Crippen LogP contribution is -2.26. The van der Waals surface area contributed by atoms with E-state index in [1.54, 1.807) is 0 Å². The zero-order chi connectivity index (χ0) is 13.9. The Hall–Kier alpha value is -1.46. The average molecular weight is 333 g/mol. The van der Waals surface area contributed by atoms with Crippen LogP contribution in [0.5, 0.6) is 0 Å². The van der Waals surface area contributed by atoms with Crippen molar-refractivity contribution in [1.29, 1.82) is 0 Å². The Labute approximate surface area is 127 Å². The van der Waals surface area contributed by atoms with Crippen LogP contribution in [-0.4, -0.2) is 16.5 Å². The van der Waals surface area contributed by atoms with Gasteiger partial charge in [-0.3, -0.25) is 0 Å². The van der Waals surface area contributed by atoms with Crippen LogP contribution in [0.2, 0.25) is 0 Å². The Kier molecular flexibility index (Phi) is 3.98. The highest BCUT2D eigenvalue weighted by atomic mass is 79.9. The van der Waals surface area contributed by atoms with Crippen molar-refractivity contribution >= 4 is 21.7 Å².